The molecule has 0 bridgehead atoms. The van der Waals surface area contributed by atoms with E-state index in [0.717, 1.165) is 55.9 Å². The van der Waals surface area contributed by atoms with Crippen molar-refractivity contribution in [1.82, 2.24) is 20.4 Å². The zero-order valence-corrected chi connectivity index (χ0v) is 12.7. The average molecular weight is 286 g/mol. The molecule has 2 aromatic heterocycles. The third kappa shape index (κ3) is 2.70. The van der Waals surface area contributed by atoms with E-state index in [2.05, 4.69) is 27.4 Å². The number of hydrogen-bond donors (Lipinski definition) is 1. The molecule has 2 aromatic rings. The van der Waals surface area contributed by atoms with Crippen molar-refractivity contribution in [3.05, 3.63) is 29.8 Å². The van der Waals surface area contributed by atoms with Gasteiger partial charge in [0.2, 0.25) is 11.7 Å². The number of piperidine rings is 1. The quantitative estimate of drug-likeness (QED) is 0.936. The molecule has 1 saturated heterocycles. The predicted octanol–water partition coefficient (Wildman–Crippen LogP) is 2.86. The Bertz CT molecular complexity index is 596. The zero-order chi connectivity index (χ0) is 14.7. The summed E-state index contributed by atoms with van der Waals surface area (Å²) in [7, 11) is 0. The lowest BCUT2D eigenvalue weighted by atomic mass is 9.77. The molecule has 0 saturated carbocycles. The maximum absolute atomic E-state index is 5.63. The van der Waals surface area contributed by atoms with Crippen LogP contribution < -0.4 is 5.32 Å². The molecule has 0 spiro atoms. The van der Waals surface area contributed by atoms with Crippen LogP contribution in [0.2, 0.25) is 0 Å². The van der Waals surface area contributed by atoms with Gasteiger partial charge in [-0.25, -0.2) is 0 Å². The van der Waals surface area contributed by atoms with Crippen LogP contribution in [0.15, 0.2) is 22.9 Å². The SMILES string of the molecule is CCCC1(c2nc(-c3ncccc3C)no2)CCCNC1. The lowest BCUT2D eigenvalue weighted by molar-refractivity contribution is 0.213. The Labute approximate surface area is 125 Å². The van der Waals surface area contributed by atoms with Crippen molar-refractivity contribution < 1.29 is 4.52 Å². The Kier molecular flexibility index (Phi) is 4.01. The van der Waals surface area contributed by atoms with Gasteiger partial charge in [0.15, 0.2) is 0 Å². The lowest BCUT2D eigenvalue weighted by Gasteiger charge is -2.34. The second kappa shape index (κ2) is 5.93. The van der Waals surface area contributed by atoms with E-state index < -0.39 is 0 Å². The maximum atomic E-state index is 5.63. The molecule has 0 radical (unpaired) electrons. The highest BCUT2D eigenvalue weighted by molar-refractivity contribution is 5.53. The number of nitrogens with one attached hydrogen (secondary N) is 1. The fourth-order valence-electron chi connectivity index (χ4n) is 3.20. The summed E-state index contributed by atoms with van der Waals surface area (Å²) in [4.78, 5) is 9.05. The zero-order valence-electron chi connectivity index (χ0n) is 12.7. The van der Waals surface area contributed by atoms with Crippen molar-refractivity contribution in [3.8, 4) is 11.5 Å². The van der Waals surface area contributed by atoms with E-state index in [-0.39, 0.29) is 5.41 Å². The van der Waals surface area contributed by atoms with Crippen LogP contribution in [0, 0.1) is 6.92 Å². The van der Waals surface area contributed by atoms with Gasteiger partial charge in [-0.05, 0) is 44.4 Å². The number of nitrogens with zero attached hydrogens (tertiary/aromatic N) is 3. The molecule has 5 heteroatoms. The molecule has 0 aliphatic carbocycles. The summed E-state index contributed by atoms with van der Waals surface area (Å²) in [6.45, 7) is 6.22. The largest absolute Gasteiger partial charge is 0.338 e. The third-order valence-corrected chi connectivity index (χ3v) is 4.30. The first-order chi connectivity index (χ1) is 10.2. The molecule has 5 nitrogen and oxygen atoms in total. The second-order valence-corrected chi connectivity index (χ2v) is 5.90. The highest BCUT2D eigenvalue weighted by Gasteiger charge is 2.38. The second-order valence-electron chi connectivity index (χ2n) is 5.90. The third-order valence-electron chi connectivity index (χ3n) is 4.30. The minimum Gasteiger partial charge on any atom is -0.338 e. The van der Waals surface area contributed by atoms with Crippen molar-refractivity contribution in [3.63, 3.8) is 0 Å². The summed E-state index contributed by atoms with van der Waals surface area (Å²) >= 11 is 0. The normalized spacial score (nSPS) is 22.4. The van der Waals surface area contributed by atoms with Crippen molar-refractivity contribution in [2.24, 2.45) is 0 Å². The fourth-order valence-corrected chi connectivity index (χ4v) is 3.20. The van der Waals surface area contributed by atoms with E-state index in [1.807, 2.05) is 19.1 Å². The number of aryl methyl sites for hydroxylation is 1. The van der Waals surface area contributed by atoms with Gasteiger partial charge < -0.3 is 9.84 Å². The van der Waals surface area contributed by atoms with E-state index >= 15 is 0 Å². The first-order valence-electron chi connectivity index (χ1n) is 7.72. The molecule has 1 fully saturated rings. The van der Waals surface area contributed by atoms with Gasteiger partial charge >= 0.3 is 0 Å². The Morgan fingerprint density at radius 2 is 2.33 bits per heavy atom. The first-order valence-corrected chi connectivity index (χ1v) is 7.72. The van der Waals surface area contributed by atoms with Crippen molar-refractivity contribution in [2.75, 3.05) is 13.1 Å². The first kappa shape index (κ1) is 14.2. The number of pyridine rings is 1. The lowest BCUT2D eigenvalue weighted by Crippen LogP contribution is -2.43. The van der Waals surface area contributed by atoms with Gasteiger partial charge in [-0.1, -0.05) is 24.6 Å². The Balaban J connectivity index is 1.94. The van der Waals surface area contributed by atoms with E-state index in [0.29, 0.717) is 5.82 Å². The molecule has 1 atom stereocenters. The smallest absolute Gasteiger partial charge is 0.234 e. The van der Waals surface area contributed by atoms with Crippen molar-refractivity contribution >= 4 is 0 Å². The van der Waals surface area contributed by atoms with Crippen LogP contribution in [0.1, 0.15) is 44.1 Å². The highest BCUT2D eigenvalue weighted by atomic mass is 16.5. The molecule has 0 amide bonds. The van der Waals surface area contributed by atoms with Gasteiger partial charge in [-0.2, -0.15) is 4.98 Å². The average Bonchev–Trinajstić information content (AvgIpc) is 2.99. The van der Waals surface area contributed by atoms with E-state index in [4.69, 9.17) is 4.52 Å². The van der Waals surface area contributed by atoms with E-state index in [1.165, 1.54) is 0 Å². The maximum Gasteiger partial charge on any atom is 0.234 e. The summed E-state index contributed by atoms with van der Waals surface area (Å²) in [6.07, 6.45) is 6.21. The summed E-state index contributed by atoms with van der Waals surface area (Å²) in [5.41, 5.74) is 1.86. The molecular weight excluding hydrogens is 264 g/mol. The van der Waals surface area contributed by atoms with Crippen LogP contribution in [-0.4, -0.2) is 28.2 Å². The molecule has 112 valence electrons. The molecule has 1 aliphatic heterocycles. The molecule has 3 heterocycles. The monoisotopic (exact) mass is 286 g/mol. The van der Waals surface area contributed by atoms with E-state index in [1.54, 1.807) is 6.20 Å². The number of rotatable bonds is 4. The van der Waals surface area contributed by atoms with Crippen LogP contribution >= 0.6 is 0 Å². The molecule has 0 aromatic carbocycles. The minimum absolute atomic E-state index is 0.0130. The van der Waals surface area contributed by atoms with Crippen molar-refractivity contribution in [2.45, 2.75) is 44.9 Å². The van der Waals surface area contributed by atoms with Gasteiger partial charge in [0, 0.05) is 12.7 Å². The number of aromatic nitrogens is 3. The predicted molar refractivity (Wildman–Crippen MR) is 81.0 cm³/mol. The number of hydrogen-bond acceptors (Lipinski definition) is 5. The molecule has 21 heavy (non-hydrogen) atoms. The topological polar surface area (TPSA) is 63.8 Å². The van der Waals surface area contributed by atoms with Gasteiger partial charge in [-0.3, -0.25) is 4.98 Å². The fraction of sp³-hybridized carbons (Fsp3) is 0.562. The van der Waals surface area contributed by atoms with Gasteiger partial charge in [-0.15, -0.1) is 0 Å². The van der Waals surface area contributed by atoms with Gasteiger partial charge in [0.05, 0.1) is 5.41 Å². The molecule has 1 N–H and O–H groups in total. The Hall–Kier alpha value is -1.75. The van der Waals surface area contributed by atoms with Crippen LogP contribution in [-0.2, 0) is 5.41 Å². The molecule has 3 rings (SSSR count). The van der Waals surface area contributed by atoms with Crippen LogP contribution in [0.5, 0.6) is 0 Å². The van der Waals surface area contributed by atoms with Crippen molar-refractivity contribution in [1.29, 1.82) is 0 Å². The summed E-state index contributed by atoms with van der Waals surface area (Å²) in [5, 5.41) is 7.65. The minimum atomic E-state index is -0.0130. The Morgan fingerprint density at radius 3 is 3.05 bits per heavy atom. The van der Waals surface area contributed by atoms with Gasteiger partial charge in [0.1, 0.15) is 5.69 Å². The summed E-state index contributed by atoms with van der Waals surface area (Å²) in [5.74, 6) is 1.36. The molecule has 1 aliphatic rings. The summed E-state index contributed by atoms with van der Waals surface area (Å²) < 4.78 is 5.63. The standard InChI is InChI=1S/C16H22N4O/c1-3-7-16(8-5-9-17-11-16)15-19-14(20-21-15)13-12(2)6-4-10-18-13/h4,6,10,17H,3,5,7-9,11H2,1-2H3. The van der Waals surface area contributed by atoms with Gasteiger partial charge in [0.25, 0.3) is 0 Å². The van der Waals surface area contributed by atoms with Crippen LogP contribution in [0.4, 0.5) is 0 Å². The summed E-state index contributed by atoms with van der Waals surface area (Å²) in [6, 6.07) is 3.94. The highest BCUT2D eigenvalue weighted by Crippen LogP contribution is 2.35. The molecule has 1 unspecified atom stereocenters. The Morgan fingerprint density at radius 1 is 1.43 bits per heavy atom. The van der Waals surface area contributed by atoms with Crippen LogP contribution in [0.25, 0.3) is 11.5 Å². The van der Waals surface area contributed by atoms with E-state index in [9.17, 15) is 0 Å². The van der Waals surface area contributed by atoms with Crippen LogP contribution in [0.3, 0.4) is 0 Å². The molecular formula is C16H22N4O.